The molecule has 0 atom stereocenters. The first-order valence-electron chi connectivity index (χ1n) is 7.55. The predicted molar refractivity (Wildman–Crippen MR) is 92.5 cm³/mol. The molecule has 4 rings (SSSR count). The second-order valence-electron chi connectivity index (χ2n) is 5.53. The third-order valence-corrected chi connectivity index (χ3v) is 3.89. The van der Waals surface area contributed by atoms with E-state index < -0.39 is 11.6 Å². The van der Waals surface area contributed by atoms with Gasteiger partial charge in [-0.25, -0.2) is 18.7 Å². The van der Waals surface area contributed by atoms with Crippen molar-refractivity contribution in [3.05, 3.63) is 72.6 Å². The van der Waals surface area contributed by atoms with Crippen molar-refractivity contribution in [1.82, 2.24) is 15.0 Å². The van der Waals surface area contributed by atoms with Crippen molar-refractivity contribution < 1.29 is 8.78 Å². The zero-order valence-corrected chi connectivity index (χ0v) is 12.9. The van der Waals surface area contributed by atoms with Gasteiger partial charge in [-0.3, -0.25) is 4.98 Å². The molecule has 6 heteroatoms. The number of benzene rings is 2. The van der Waals surface area contributed by atoms with Crippen molar-refractivity contribution in [2.24, 2.45) is 0 Å². The number of halogens is 2. The lowest BCUT2D eigenvalue weighted by molar-refractivity contribution is 0.603. The molecule has 25 heavy (non-hydrogen) atoms. The van der Waals surface area contributed by atoms with Gasteiger partial charge in [0.1, 0.15) is 17.5 Å². The number of hydrogen-bond acceptors (Lipinski definition) is 4. The number of aromatic nitrogens is 3. The van der Waals surface area contributed by atoms with Crippen LogP contribution < -0.4 is 5.73 Å². The van der Waals surface area contributed by atoms with Crippen LogP contribution in [0, 0.1) is 11.6 Å². The van der Waals surface area contributed by atoms with Crippen LogP contribution in [0.3, 0.4) is 0 Å². The lowest BCUT2D eigenvalue weighted by Crippen LogP contribution is -1.98. The monoisotopic (exact) mass is 334 g/mol. The average Bonchev–Trinajstić information content (AvgIpc) is 2.64. The maximum absolute atomic E-state index is 14.0. The maximum atomic E-state index is 14.0. The first-order chi connectivity index (χ1) is 12.1. The van der Waals surface area contributed by atoms with E-state index in [-0.39, 0.29) is 5.56 Å². The van der Waals surface area contributed by atoms with Crippen molar-refractivity contribution in [3.63, 3.8) is 0 Å². The van der Waals surface area contributed by atoms with Gasteiger partial charge in [0.25, 0.3) is 0 Å². The summed E-state index contributed by atoms with van der Waals surface area (Å²) in [4.78, 5) is 12.8. The molecule has 0 spiro atoms. The van der Waals surface area contributed by atoms with Gasteiger partial charge in [0.15, 0.2) is 5.82 Å². The Hall–Kier alpha value is -3.41. The number of pyridine rings is 1. The van der Waals surface area contributed by atoms with Crippen LogP contribution in [-0.4, -0.2) is 15.0 Å². The normalized spacial score (nSPS) is 11.0. The van der Waals surface area contributed by atoms with E-state index in [1.54, 1.807) is 36.7 Å². The van der Waals surface area contributed by atoms with Crippen LogP contribution in [0.4, 0.5) is 14.6 Å². The summed E-state index contributed by atoms with van der Waals surface area (Å²) in [6.45, 7) is 0. The molecule has 4 nitrogen and oxygen atoms in total. The number of nitrogens with zero attached hydrogens (tertiary/aromatic N) is 3. The van der Waals surface area contributed by atoms with E-state index in [1.165, 1.54) is 0 Å². The molecule has 0 saturated carbocycles. The van der Waals surface area contributed by atoms with E-state index in [0.717, 1.165) is 23.8 Å². The fraction of sp³-hybridized carbons (Fsp3) is 0. The lowest BCUT2D eigenvalue weighted by Gasteiger charge is -2.08. The number of fused-ring (bicyclic) bond motifs is 1. The van der Waals surface area contributed by atoms with E-state index >= 15 is 0 Å². The van der Waals surface area contributed by atoms with E-state index in [2.05, 4.69) is 15.0 Å². The molecule has 0 bridgehead atoms. The zero-order chi connectivity index (χ0) is 17.4. The molecule has 0 aliphatic heterocycles. The largest absolute Gasteiger partial charge is 0.383 e. The highest BCUT2D eigenvalue weighted by atomic mass is 19.1. The maximum Gasteiger partial charge on any atom is 0.163 e. The zero-order valence-electron chi connectivity index (χ0n) is 12.9. The van der Waals surface area contributed by atoms with Crippen molar-refractivity contribution in [1.29, 1.82) is 0 Å². The molecule has 0 fully saturated rings. The van der Waals surface area contributed by atoms with Gasteiger partial charge >= 0.3 is 0 Å². The highest BCUT2D eigenvalue weighted by molar-refractivity contribution is 5.92. The molecule has 0 unspecified atom stereocenters. The van der Waals surface area contributed by atoms with Gasteiger partial charge in [0, 0.05) is 28.9 Å². The second-order valence-corrected chi connectivity index (χ2v) is 5.53. The first kappa shape index (κ1) is 15.1. The van der Waals surface area contributed by atoms with Crippen LogP contribution in [0.5, 0.6) is 0 Å². The van der Waals surface area contributed by atoms with Crippen LogP contribution in [0.25, 0.3) is 33.4 Å². The standard InChI is InChI=1S/C19H12F2N4/c20-13-4-6-16(21)15(9-13)11-3-5-14-17(8-11)24-19(25-18(14)22)12-2-1-7-23-10-12/h1-10H,(H2,22,24,25). The topological polar surface area (TPSA) is 64.7 Å². The Kier molecular flexibility index (Phi) is 3.57. The van der Waals surface area contributed by atoms with Crippen molar-refractivity contribution >= 4 is 16.7 Å². The van der Waals surface area contributed by atoms with Crippen molar-refractivity contribution in [3.8, 4) is 22.5 Å². The summed E-state index contributed by atoms with van der Waals surface area (Å²) in [5, 5.41) is 0.646. The molecule has 0 aliphatic rings. The van der Waals surface area contributed by atoms with Gasteiger partial charge in [0.05, 0.1) is 5.52 Å². The number of nitrogen functional groups attached to an aromatic ring is 1. The van der Waals surface area contributed by atoms with E-state index in [1.807, 2.05) is 6.07 Å². The van der Waals surface area contributed by atoms with Gasteiger partial charge in [-0.2, -0.15) is 0 Å². The molecule has 2 aromatic carbocycles. The molecule has 2 N–H and O–H groups in total. The predicted octanol–water partition coefficient (Wildman–Crippen LogP) is 4.22. The molecule has 4 aromatic rings. The Morgan fingerprint density at radius 1 is 0.880 bits per heavy atom. The molecular formula is C19H12F2N4. The van der Waals surface area contributed by atoms with Crippen LogP contribution in [0.15, 0.2) is 60.9 Å². The Labute approximate surface area is 142 Å². The van der Waals surface area contributed by atoms with Crippen LogP contribution in [0.1, 0.15) is 0 Å². The van der Waals surface area contributed by atoms with Crippen LogP contribution >= 0.6 is 0 Å². The van der Waals surface area contributed by atoms with Gasteiger partial charge < -0.3 is 5.73 Å². The molecule has 2 heterocycles. The average molecular weight is 334 g/mol. The minimum Gasteiger partial charge on any atom is -0.383 e. The third kappa shape index (κ3) is 2.78. The van der Waals surface area contributed by atoms with Crippen molar-refractivity contribution in [2.75, 3.05) is 5.73 Å². The second kappa shape index (κ2) is 5.90. The number of anilines is 1. The SMILES string of the molecule is Nc1nc(-c2cccnc2)nc2cc(-c3cc(F)ccc3F)ccc12. The number of nitrogens with two attached hydrogens (primary N) is 1. The summed E-state index contributed by atoms with van der Waals surface area (Å²) in [6.07, 6.45) is 3.29. The highest BCUT2D eigenvalue weighted by Gasteiger charge is 2.11. The Morgan fingerprint density at radius 2 is 1.76 bits per heavy atom. The number of rotatable bonds is 2. The fourth-order valence-electron chi connectivity index (χ4n) is 2.66. The van der Waals surface area contributed by atoms with E-state index in [0.29, 0.717) is 28.1 Å². The summed E-state index contributed by atoms with van der Waals surface area (Å²) in [5.74, 6) is -0.268. The molecule has 122 valence electrons. The Bertz CT molecular complexity index is 1080. The summed E-state index contributed by atoms with van der Waals surface area (Å²) in [6, 6.07) is 12.0. The van der Waals surface area contributed by atoms with E-state index in [4.69, 9.17) is 5.73 Å². The fourth-order valence-corrected chi connectivity index (χ4v) is 2.66. The highest BCUT2D eigenvalue weighted by Crippen LogP contribution is 2.29. The number of hydrogen-bond donors (Lipinski definition) is 1. The van der Waals surface area contributed by atoms with Gasteiger partial charge in [-0.15, -0.1) is 0 Å². The van der Waals surface area contributed by atoms with Crippen LogP contribution in [-0.2, 0) is 0 Å². The smallest absolute Gasteiger partial charge is 0.163 e. The quantitative estimate of drug-likeness (QED) is 0.596. The summed E-state index contributed by atoms with van der Waals surface area (Å²) >= 11 is 0. The molecule has 0 aliphatic carbocycles. The summed E-state index contributed by atoms with van der Waals surface area (Å²) in [7, 11) is 0. The minimum absolute atomic E-state index is 0.169. The molecule has 2 aromatic heterocycles. The van der Waals surface area contributed by atoms with Gasteiger partial charge in [-0.05, 0) is 48.0 Å². The lowest BCUT2D eigenvalue weighted by atomic mass is 10.0. The Balaban J connectivity index is 1.91. The molecule has 0 saturated heterocycles. The summed E-state index contributed by atoms with van der Waals surface area (Å²) < 4.78 is 27.5. The van der Waals surface area contributed by atoms with Crippen LogP contribution in [0.2, 0.25) is 0 Å². The molecule has 0 radical (unpaired) electrons. The third-order valence-electron chi connectivity index (χ3n) is 3.89. The Morgan fingerprint density at radius 3 is 2.56 bits per heavy atom. The molecular weight excluding hydrogens is 322 g/mol. The summed E-state index contributed by atoms with van der Waals surface area (Å²) in [5.41, 5.74) is 7.98. The van der Waals surface area contributed by atoms with Crippen molar-refractivity contribution in [2.45, 2.75) is 0 Å². The molecule has 0 amide bonds. The minimum atomic E-state index is -0.505. The van der Waals surface area contributed by atoms with Gasteiger partial charge in [0.2, 0.25) is 0 Å². The van der Waals surface area contributed by atoms with Gasteiger partial charge in [-0.1, -0.05) is 6.07 Å². The first-order valence-corrected chi connectivity index (χ1v) is 7.55. The van der Waals surface area contributed by atoms with E-state index in [9.17, 15) is 8.78 Å².